The lowest BCUT2D eigenvalue weighted by atomic mass is 10.0. The third-order valence-electron chi connectivity index (χ3n) is 5.45. The Bertz CT molecular complexity index is 778. The van der Waals surface area contributed by atoms with Gasteiger partial charge in [0.05, 0.1) is 38.0 Å². The van der Waals surface area contributed by atoms with E-state index in [1.54, 1.807) is 14.2 Å². The van der Waals surface area contributed by atoms with Crippen LogP contribution in [-0.4, -0.2) is 88.0 Å². The molecule has 1 aromatic carbocycles. The van der Waals surface area contributed by atoms with Gasteiger partial charge in [-0.1, -0.05) is 12.1 Å². The maximum absolute atomic E-state index is 13.5. The fraction of sp³-hybridized carbons (Fsp3) is 0.565. The number of carbonyl (C=O) groups excluding carboxylic acids is 2. The Kier molecular flexibility index (Phi) is 8.45. The standard InChI is InChI=1S/C23H32N2O6/c1-4-30-18-9-7-17(8-10-18)20-21(24(11-14-28-2)12-15-29-3)23(27)25(22(20)26)16-19-6-5-13-31-19/h7-10,19H,4-6,11-16H2,1-3H3. The van der Waals surface area contributed by atoms with E-state index in [1.165, 1.54) is 4.90 Å². The first kappa shape index (κ1) is 23.2. The number of carbonyl (C=O) groups is 2. The van der Waals surface area contributed by atoms with Crippen LogP contribution in [0.3, 0.4) is 0 Å². The minimum absolute atomic E-state index is 0.111. The summed E-state index contributed by atoms with van der Waals surface area (Å²) < 4.78 is 21.7. The molecule has 8 heteroatoms. The number of methoxy groups -OCH3 is 2. The van der Waals surface area contributed by atoms with Crippen LogP contribution in [0.25, 0.3) is 5.57 Å². The second-order valence-corrected chi connectivity index (χ2v) is 7.51. The van der Waals surface area contributed by atoms with E-state index in [4.69, 9.17) is 18.9 Å². The van der Waals surface area contributed by atoms with Gasteiger partial charge in [-0.2, -0.15) is 0 Å². The van der Waals surface area contributed by atoms with Crippen molar-refractivity contribution in [2.45, 2.75) is 25.9 Å². The van der Waals surface area contributed by atoms with Crippen LogP contribution in [0.5, 0.6) is 5.75 Å². The number of ether oxygens (including phenoxy) is 4. The molecule has 0 aromatic heterocycles. The monoisotopic (exact) mass is 432 g/mol. The van der Waals surface area contributed by atoms with Crippen LogP contribution in [-0.2, 0) is 23.8 Å². The average Bonchev–Trinajstić information content (AvgIpc) is 3.37. The number of rotatable bonds is 12. The molecule has 1 aromatic rings. The zero-order valence-corrected chi connectivity index (χ0v) is 18.6. The van der Waals surface area contributed by atoms with Crippen molar-refractivity contribution in [1.29, 1.82) is 0 Å². The molecule has 1 atom stereocenters. The van der Waals surface area contributed by atoms with Gasteiger partial charge in [0.1, 0.15) is 11.4 Å². The van der Waals surface area contributed by atoms with E-state index in [9.17, 15) is 9.59 Å². The molecule has 0 spiro atoms. The number of hydrogen-bond acceptors (Lipinski definition) is 7. The van der Waals surface area contributed by atoms with Gasteiger partial charge < -0.3 is 23.8 Å². The van der Waals surface area contributed by atoms with E-state index in [1.807, 2.05) is 36.1 Å². The predicted octanol–water partition coefficient (Wildman–Crippen LogP) is 1.94. The summed E-state index contributed by atoms with van der Waals surface area (Å²) in [6, 6.07) is 7.29. The van der Waals surface area contributed by atoms with Crippen LogP contribution in [0.15, 0.2) is 30.0 Å². The first-order chi connectivity index (χ1) is 15.1. The molecule has 3 rings (SSSR count). The lowest BCUT2D eigenvalue weighted by Crippen LogP contribution is -2.41. The molecular weight excluding hydrogens is 400 g/mol. The third kappa shape index (κ3) is 5.44. The zero-order valence-electron chi connectivity index (χ0n) is 18.6. The van der Waals surface area contributed by atoms with Gasteiger partial charge in [-0.05, 0) is 37.5 Å². The Morgan fingerprint density at radius 2 is 1.74 bits per heavy atom. The molecule has 1 fully saturated rings. The van der Waals surface area contributed by atoms with E-state index < -0.39 is 0 Å². The number of imide groups is 1. The van der Waals surface area contributed by atoms with Crippen molar-refractivity contribution in [2.75, 3.05) is 60.3 Å². The van der Waals surface area contributed by atoms with Gasteiger partial charge in [0, 0.05) is 33.9 Å². The van der Waals surface area contributed by atoms with Gasteiger partial charge in [-0.25, -0.2) is 0 Å². The van der Waals surface area contributed by atoms with Crippen molar-refractivity contribution in [3.63, 3.8) is 0 Å². The number of nitrogens with zero attached hydrogens (tertiary/aromatic N) is 2. The molecular formula is C23H32N2O6. The van der Waals surface area contributed by atoms with Gasteiger partial charge in [-0.15, -0.1) is 0 Å². The quantitative estimate of drug-likeness (QED) is 0.467. The Balaban J connectivity index is 1.97. The van der Waals surface area contributed by atoms with Gasteiger partial charge in [-0.3, -0.25) is 14.5 Å². The lowest BCUT2D eigenvalue weighted by Gasteiger charge is -2.26. The molecule has 1 saturated heterocycles. The van der Waals surface area contributed by atoms with E-state index in [-0.39, 0.29) is 24.5 Å². The number of amides is 2. The fourth-order valence-electron chi connectivity index (χ4n) is 3.90. The minimum Gasteiger partial charge on any atom is -0.494 e. The molecule has 2 heterocycles. The highest BCUT2D eigenvalue weighted by atomic mass is 16.5. The van der Waals surface area contributed by atoms with E-state index in [0.29, 0.717) is 56.4 Å². The zero-order chi connectivity index (χ0) is 22.2. The van der Waals surface area contributed by atoms with Gasteiger partial charge in [0.2, 0.25) is 0 Å². The molecule has 8 nitrogen and oxygen atoms in total. The molecule has 2 aliphatic rings. The Morgan fingerprint density at radius 1 is 1.06 bits per heavy atom. The maximum atomic E-state index is 13.5. The molecule has 0 bridgehead atoms. The van der Waals surface area contributed by atoms with Gasteiger partial charge in [0.25, 0.3) is 11.8 Å². The molecule has 2 aliphatic heterocycles. The predicted molar refractivity (Wildman–Crippen MR) is 116 cm³/mol. The molecule has 0 radical (unpaired) electrons. The second kappa shape index (κ2) is 11.3. The summed E-state index contributed by atoms with van der Waals surface area (Å²) in [5, 5.41) is 0. The van der Waals surface area contributed by atoms with Crippen molar-refractivity contribution in [3.05, 3.63) is 35.5 Å². The normalized spacial score (nSPS) is 18.9. The van der Waals surface area contributed by atoms with Crippen molar-refractivity contribution in [2.24, 2.45) is 0 Å². The third-order valence-corrected chi connectivity index (χ3v) is 5.45. The molecule has 0 N–H and O–H groups in total. The fourth-order valence-corrected chi connectivity index (χ4v) is 3.90. The maximum Gasteiger partial charge on any atom is 0.277 e. The smallest absolute Gasteiger partial charge is 0.277 e. The van der Waals surface area contributed by atoms with Crippen molar-refractivity contribution < 1.29 is 28.5 Å². The Hall–Kier alpha value is -2.42. The van der Waals surface area contributed by atoms with Crippen LogP contribution in [0.4, 0.5) is 0 Å². The second-order valence-electron chi connectivity index (χ2n) is 7.51. The Morgan fingerprint density at radius 3 is 2.29 bits per heavy atom. The summed E-state index contributed by atoms with van der Waals surface area (Å²) >= 11 is 0. The molecule has 0 aliphatic carbocycles. The molecule has 2 amide bonds. The van der Waals surface area contributed by atoms with Crippen LogP contribution in [0.1, 0.15) is 25.3 Å². The summed E-state index contributed by atoms with van der Waals surface area (Å²) in [4.78, 5) is 30.1. The summed E-state index contributed by atoms with van der Waals surface area (Å²) in [5.74, 6) is 0.132. The summed E-state index contributed by atoms with van der Waals surface area (Å²) in [5.41, 5.74) is 1.48. The van der Waals surface area contributed by atoms with Crippen LogP contribution >= 0.6 is 0 Å². The first-order valence-electron chi connectivity index (χ1n) is 10.8. The number of hydrogen-bond donors (Lipinski definition) is 0. The molecule has 0 saturated carbocycles. The van der Waals surface area contributed by atoms with Gasteiger partial charge >= 0.3 is 0 Å². The minimum atomic E-state index is -0.295. The van der Waals surface area contributed by atoms with E-state index >= 15 is 0 Å². The van der Waals surface area contributed by atoms with Crippen molar-refractivity contribution in [1.82, 2.24) is 9.80 Å². The highest BCUT2D eigenvalue weighted by Gasteiger charge is 2.42. The summed E-state index contributed by atoms with van der Waals surface area (Å²) in [6.45, 7) is 5.21. The lowest BCUT2D eigenvalue weighted by molar-refractivity contribution is -0.139. The highest BCUT2D eigenvalue weighted by Crippen LogP contribution is 2.33. The molecule has 31 heavy (non-hydrogen) atoms. The Labute approximate surface area is 183 Å². The van der Waals surface area contributed by atoms with E-state index in [0.717, 1.165) is 18.6 Å². The van der Waals surface area contributed by atoms with Crippen LogP contribution in [0, 0.1) is 0 Å². The van der Waals surface area contributed by atoms with Crippen LogP contribution < -0.4 is 4.74 Å². The van der Waals surface area contributed by atoms with Crippen molar-refractivity contribution >= 4 is 17.4 Å². The average molecular weight is 433 g/mol. The summed E-state index contributed by atoms with van der Waals surface area (Å²) in [7, 11) is 3.23. The largest absolute Gasteiger partial charge is 0.494 e. The number of benzene rings is 1. The van der Waals surface area contributed by atoms with Gasteiger partial charge in [0.15, 0.2) is 0 Å². The van der Waals surface area contributed by atoms with Crippen LogP contribution in [0.2, 0.25) is 0 Å². The molecule has 1 unspecified atom stereocenters. The summed E-state index contributed by atoms with van der Waals surface area (Å²) in [6.07, 6.45) is 1.68. The van der Waals surface area contributed by atoms with E-state index in [2.05, 4.69) is 0 Å². The SMILES string of the molecule is CCOc1ccc(C2=C(N(CCOC)CCOC)C(=O)N(CC3CCCO3)C2=O)cc1. The molecule has 170 valence electrons. The van der Waals surface area contributed by atoms with Crippen molar-refractivity contribution in [3.8, 4) is 5.75 Å². The topological polar surface area (TPSA) is 77.5 Å². The highest BCUT2D eigenvalue weighted by molar-refractivity contribution is 6.35. The first-order valence-corrected chi connectivity index (χ1v) is 10.8.